The lowest BCUT2D eigenvalue weighted by molar-refractivity contribution is -0.132. The van der Waals surface area contributed by atoms with Gasteiger partial charge >= 0.3 is 0 Å². The molecule has 0 aliphatic carbocycles. The molecule has 4 nitrogen and oxygen atoms in total. The summed E-state index contributed by atoms with van der Waals surface area (Å²) in [4.78, 5) is 18.6. The van der Waals surface area contributed by atoms with Crippen molar-refractivity contribution in [1.29, 1.82) is 0 Å². The summed E-state index contributed by atoms with van der Waals surface area (Å²) in [5.74, 6) is 1.22. The van der Waals surface area contributed by atoms with Crippen molar-refractivity contribution in [2.75, 3.05) is 11.4 Å². The molecule has 0 spiro atoms. The van der Waals surface area contributed by atoms with E-state index in [4.69, 9.17) is 4.74 Å². The van der Waals surface area contributed by atoms with Gasteiger partial charge in [-0.15, -0.1) is 0 Å². The molecular formula is C17H18N2O2. The fraction of sp³-hybridized carbons (Fsp3) is 0.294. The highest BCUT2D eigenvalue weighted by Crippen LogP contribution is 2.35. The summed E-state index contributed by atoms with van der Waals surface area (Å²) in [6.45, 7) is 4.18. The van der Waals surface area contributed by atoms with Gasteiger partial charge < -0.3 is 4.74 Å². The Morgan fingerprint density at radius 3 is 2.67 bits per heavy atom. The summed E-state index contributed by atoms with van der Waals surface area (Å²) in [7, 11) is 0. The monoisotopic (exact) mass is 282 g/mol. The molecule has 0 unspecified atom stereocenters. The number of ether oxygens (including phenoxy) is 1. The van der Waals surface area contributed by atoms with E-state index in [1.807, 2.05) is 30.3 Å². The number of hydrogen-bond donors (Lipinski definition) is 0. The van der Waals surface area contributed by atoms with Gasteiger partial charge in [0, 0.05) is 12.7 Å². The normalized spacial score (nSPS) is 16.3. The van der Waals surface area contributed by atoms with Crippen LogP contribution in [0.3, 0.4) is 0 Å². The molecule has 0 saturated heterocycles. The van der Waals surface area contributed by atoms with Crippen LogP contribution in [0.15, 0.2) is 48.7 Å². The van der Waals surface area contributed by atoms with E-state index < -0.39 is 5.60 Å². The van der Waals surface area contributed by atoms with Gasteiger partial charge in [-0.1, -0.05) is 30.3 Å². The van der Waals surface area contributed by atoms with Gasteiger partial charge in [0.1, 0.15) is 0 Å². The molecule has 0 N–H and O–H groups in total. The Morgan fingerprint density at radius 1 is 1.14 bits per heavy atom. The van der Waals surface area contributed by atoms with Crippen molar-refractivity contribution in [3.8, 4) is 5.75 Å². The lowest BCUT2D eigenvalue weighted by Gasteiger charge is -2.37. The van der Waals surface area contributed by atoms with Gasteiger partial charge in [0.2, 0.25) is 0 Å². The summed E-state index contributed by atoms with van der Waals surface area (Å²) < 4.78 is 5.76. The predicted octanol–water partition coefficient (Wildman–Crippen LogP) is 2.83. The van der Waals surface area contributed by atoms with E-state index >= 15 is 0 Å². The van der Waals surface area contributed by atoms with Crippen molar-refractivity contribution in [2.24, 2.45) is 0 Å². The smallest absolute Gasteiger partial charge is 0.271 e. The van der Waals surface area contributed by atoms with Gasteiger partial charge in [0.15, 0.2) is 17.2 Å². The Labute approximate surface area is 124 Å². The third-order valence-electron chi connectivity index (χ3n) is 3.60. The van der Waals surface area contributed by atoms with Crippen LogP contribution in [0.2, 0.25) is 0 Å². The largest absolute Gasteiger partial charge is 0.474 e. The number of hydrogen-bond acceptors (Lipinski definition) is 3. The predicted molar refractivity (Wildman–Crippen MR) is 81.4 cm³/mol. The number of aromatic nitrogens is 1. The second kappa shape index (κ2) is 5.20. The topological polar surface area (TPSA) is 42.4 Å². The van der Waals surface area contributed by atoms with Crippen LogP contribution in [-0.2, 0) is 11.2 Å². The number of carbonyl (C=O) groups is 1. The summed E-state index contributed by atoms with van der Waals surface area (Å²) >= 11 is 0. The lowest BCUT2D eigenvalue weighted by Crippen LogP contribution is -2.53. The number of amides is 1. The van der Waals surface area contributed by atoms with Gasteiger partial charge in [0.25, 0.3) is 5.91 Å². The van der Waals surface area contributed by atoms with Crippen molar-refractivity contribution in [1.82, 2.24) is 4.98 Å². The van der Waals surface area contributed by atoms with E-state index in [2.05, 4.69) is 17.1 Å². The molecule has 1 amide bonds. The van der Waals surface area contributed by atoms with Crippen LogP contribution < -0.4 is 9.64 Å². The molecule has 2 aromatic rings. The summed E-state index contributed by atoms with van der Waals surface area (Å²) in [5, 5.41) is 0. The van der Waals surface area contributed by atoms with Gasteiger partial charge in [-0.25, -0.2) is 4.98 Å². The molecule has 2 heterocycles. The Hall–Kier alpha value is -2.36. The van der Waals surface area contributed by atoms with Gasteiger partial charge in [0.05, 0.1) is 0 Å². The minimum Gasteiger partial charge on any atom is -0.474 e. The molecule has 1 aromatic heterocycles. The average molecular weight is 282 g/mol. The molecule has 0 fully saturated rings. The second-order valence-electron chi connectivity index (χ2n) is 5.63. The van der Waals surface area contributed by atoms with Gasteiger partial charge in [-0.05, 0) is 38.0 Å². The first-order chi connectivity index (χ1) is 10.1. The fourth-order valence-corrected chi connectivity index (χ4v) is 2.50. The highest BCUT2D eigenvalue weighted by atomic mass is 16.5. The van der Waals surface area contributed by atoms with Gasteiger partial charge in [-0.2, -0.15) is 0 Å². The Kier molecular flexibility index (Phi) is 3.37. The average Bonchev–Trinajstić information content (AvgIpc) is 2.48. The standard InChI is InChI=1S/C17H18N2O2/c1-17(2)16(20)19(12-10-13-7-4-3-5-8-13)15-14(21-17)9-6-11-18-15/h3-9,11H,10,12H2,1-2H3. The maximum atomic E-state index is 12.6. The minimum absolute atomic E-state index is 0.0513. The molecular weight excluding hydrogens is 264 g/mol. The van der Waals surface area contributed by atoms with Crippen molar-refractivity contribution >= 4 is 11.7 Å². The Bertz CT molecular complexity index is 653. The first-order valence-corrected chi connectivity index (χ1v) is 7.08. The van der Waals surface area contributed by atoms with Crippen LogP contribution in [0, 0.1) is 0 Å². The number of rotatable bonds is 3. The maximum absolute atomic E-state index is 12.6. The van der Waals surface area contributed by atoms with Crippen molar-refractivity contribution < 1.29 is 9.53 Å². The molecule has 0 saturated carbocycles. The van der Waals surface area contributed by atoms with E-state index in [1.165, 1.54) is 5.56 Å². The van der Waals surface area contributed by atoms with Gasteiger partial charge in [-0.3, -0.25) is 9.69 Å². The number of nitrogens with zero attached hydrogens (tertiary/aromatic N) is 2. The quantitative estimate of drug-likeness (QED) is 0.869. The zero-order valence-electron chi connectivity index (χ0n) is 12.2. The van der Waals surface area contributed by atoms with Crippen LogP contribution in [0.5, 0.6) is 5.75 Å². The first kappa shape index (κ1) is 13.6. The van der Waals surface area contributed by atoms with Crippen molar-refractivity contribution in [3.05, 3.63) is 54.2 Å². The molecule has 108 valence electrons. The highest BCUT2D eigenvalue weighted by Gasteiger charge is 2.41. The number of anilines is 1. The molecule has 0 bridgehead atoms. The number of carbonyl (C=O) groups excluding carboxylic acids is 1. The first-order valence-electron chi connectivity index (χ1n) is 7.08. The summed E-state index contributed by atoms with van der Waals surface area (Å²) in [6, 6.07) is 13.8. The minimum atomic E-state index is -0.854. The van der Waals surface area contributed by atoms with Crippen LogP contribution in [0.25, 0.3) is 0 Å². The van der Waals surface area contributed by atoms with E-state index in [0.29, 0.717) is 18.1 Å². The molecule has 1 aromatic carbocycles. The number of benzene rings is 1. The molecule has 4 heteroatoms. The highest BCUT2D eigenvalue weighted by molar-refractivity contribution is 6.01. The van der Waals surface area contributed by atoms with Crippen LogP contribution >= 0.6 is 0 Å². The third-order valence-corrected chi connectivity index (χ3v) is 3.60. The second-order valence-corrected chi connectivity index (χ2v) is 5.63. The molecule has 1 aliphatic heterocycles. The Morgan fingerprint density at radius 2 is 1.90 bits per heavy atom. The number of fused-ring (bicyclic) bond motifs is 1. The molecule has 21 heavy (non-hydrogen) atoms. The van der Waals surface area contributed by atoms with E-state index in [0.717, 1.165) is 6.42 Å². The lowest BCUT2D eigenvalue weighted by atomic mass is 10.0. The maximum Gasteiger partial charge on any atom is 0.271 e. The van der Waals surface area contributed by atoms with Crippen LogP contribution in [0.4, 0.5) is 5.82 Å². The van der Waals surface area contributed by atoms with Crippen LogP contribution in [-0.4, -0.2) is 23.0 Å². The molecule has 3 rings (SSSR count). The summed E-state index contributed by atoms with van der Waals surface area (Å²) in [5.41, 5.74) is 0.347. The molecule has 0 radical (unpaired) electrons. The molecule has 1 aliphatic rings. The fourth-order valence-electron chi connectivity index (χ4n) is 2.50. The third kappa shape index (κ3) is 2.61. The van der Waals surface area contributed by atoms with E-state index in [1.54, 1.807) is 24.9 Å². The van der Waals surface area contributed by atoms with Crippen molar-refractivity contribution in [2.45, 2.75) is 25.9 Å². The zero-order chi connectivity index (χ0) is 14.9. The zero-order valence-corrected chi connectivity index (χ0v) is 12.2. The summed E-state index contributed by atoms with van der Waals surface area (Å²) in [6.07, 6.45) is 2.47. The van der Waals surface area contributed by atoms with Crippen molar-refractivity contribution in [3.63, 3.8) is 0 Å². The van der Waals surface area contributed by atoms with E-state index in [-0.39, 0.29) is 5.91 Å². The number of pyridine rings is 1. The molecule has 0 atom stereocenters. The SMILES string of the molecule is CC1(C)Oc2cccnc2N(CCc2ccccc2)C1=O. The Balaban J connectivity index is 1.87. The van der Waals surface area contributed by atoms with E-state index in [9.17, 15) is 4.79 Å². The van der Waals surface area contributed by atoms with Crippen LogP contribution in [0.1, 0.15) is 19.4 Å².